The Morgan fingerprint density at radius 2 is 1.74 bits per heavy atom. The maximum absolute atomic E-state index is 10.2. The van der Waals surface area contributed by atoms with Gasteiger partial charge in [0.25, 0.3) is 0 Å². The Morgan fingerprint density at radius 3 is 2.32 bits per heavy atom. The number of nitrogens with zero attached hydrogens (tertiary/aromatic N) is 2. The van der Waals surface area contributed by atoms with E-state index in [4.69, 9.17) is 9.84 Å². The minimum Gasteiger partial charge on any atom is -0.396 e. The van der Waals surface area contributed by atoms with E-state index in [1.165, 1.54) is 0 Å². The predicted molar refractivity (Wildman–Crippen MR) is 74.1 cm³/mol. The van der Waals surface area contributed by atoms with E-state index in [0.717, 1.165) is 45.7 Å². The molecule has 0 spiro atoms. The Balaban J connectivity index is 1.70. The molecule has 0 saturated carbocycles. The number of morpholine rings is 1. The van der Waals surface area contributed by atoms with Crippen LogP contribution >= 0.6 is 0 Å². The summed E-state index contributed by atoms with van der Waals surface area (Å²) in [5, 5.41) is 19.3. The largest absolute Gasteiger partial charge is 0.396 e. The number of likely N-dealkylation sites (tertiary alicyclic amines) is 1. The third-order valence-corrected chi connectivity index (χ3v) is 4.06. The molecule has 112 valence electrons. The summed E-state index contributed by atoms with van der Waals surface area (Å²) in [6, 6.07) is 0. The van der Waals surface area contributed by atoms with E-state index in [0.29, 0.717) is 5.92 Å². The summed E-state index contributed by atoms with van der Waals surface area (Å²) in [6.45, 7) is 9.60. The van der Waals surface area contributed by atoms with Gasteiger partial charge in [0.2, 0.25) is 0 Å². The third kappa shape index (κ3) is 4.68. The van der Waals surface area contributed by atoms with Gasteiger partial charge < -0.3 is 19.8 Å². The van der Waals surface area contributed by atoms with Crippen LogP contribution in [0.25, 0.3) is 0 Å². The van der Waals surface area contributed by atoms with E-state index < -0.39 is 0 Å². The molecule has 0 bridgehead atoms. The average molecular weight is 272 g/mol. The molecule has 4 atom stereocenters. The summed E-state index contributed by atoms with van der Waals surface area (Å²) >= 11 is 0. The number of hydrogen-bond donors (Lipinski definition) is 2. The van der Waals surface area contributed by atoms with Gasteiger partial charge in [-0.25, -0.2) is 0 Å². The molecule has 2 fully saturated rings. The molecule has 0 aliphatic carbocycles. The maximum Gasteiger partial charge on any atom is 0.0793 e. The summed E-state index contributed by atoms with van der Waals surface area (Å²) in [5.41, 5.74) is 0. The maximum atomic E-state index is 10.2. The van der Waals surface area contributed by atoms with Crippen LogP contribution in [0, 0.1) is 5.92 Å². The van der Waals surface area contributed by atoms with Crippen LogP contribution in [-0.4, -0.2) is 84.2 Å². The fourth-order valence-corrected chi connectivity index (χ4v) is 3.32. The molecule has 19 heavy (non-hydrogen) atoms. The Morgan fingerprint density at radius 1 is 1.11 bits per heavy atom. The Kier molecular flexibility index (Phi) is 5.59. The molecule has 2 aliphatic heterocycles. The van der Waals surface area contributed by atoms with E-state index in [2.05, 4.69) is 23.6 Å². The normalized spacial score (nSPS) is 35.7. The summed E-state index contributed by atoms with van der Waals surface area (Å²) in [7, 11) is 0. The first kappa shape index (κ1) is 15.2. The second kappa shape index (κ2) is 6.99. The zero-order valence-corrected chi connectivity index (χ0v) is 12.2. The number of hydrogen-bond acceptors (Lipinski definition) is 5. The molecule has 2 N–H and O–H groups in total. The van der Waals surface area contributed by atoms with Gasteiger partial charge in [0.1, 0.15) is 0 Å². The fraction of sp³-hybridized carbons (Fsp3) is 1.00. The summed E-state index contributed by atoms with van der Waals surface area (Å²) in [5.74, 6) is 0.399. The van der Waals surface area contributed by atoms with Crippen LogP contribution in [0.3, 0.4) is 0 Å². The van der Waals surface area contributed by atoms with Crippen molar-refractivity contribution in [1.29, 1.82) is 0 Å². The van der Waals surface area contributed by atoms with E-state index in [1.54, 1.807) is 0 Å². The minimum atomic E-state index is -0.310. The third-order valence-electron chi connectivity index (χ3n) is 4.06. The number of aliphatic hydroxyl groups excluding tert-OH is 2. The van der Waals surface area contributed by atoms with Crippen molar-refractivity contribution in [2.45, 2.75) is 38.6 Å². The lowest BCUT2D eigenvalue weighted by atomic mass is 10.1. The van der Waals surface area contributed by atoms with E-state index in [-0.39, 0.29) is 24.9 Å². The van der Waals surface area contributed by atoms with Gasteiger partial charge in [-0.3, -0.25) is 4.90 Å². The van der Waals surface area contributed by atoms with Crippen molar-refractivity contribution in [2.24, 2.45) is 5.92 Å². The van der Waals surface area contributed by atoms with Crippen molar-refractivity contribution in [2.75, 3.05) is 45.9 Å². The lowest BCUT2D eigenvalue weighted by Crippen LogP contribution is -2.49. The highest BCUT2D eigenvalue weighted by Gasteiger charge is 2.27. The highest BCUT2D eigenvalue weighted by Crippen LogP contribution is 2.16. The second-order valence-electron chi connectivity index (χ2n) is 6.23. The second-order valence-corrected chi connectivity index (χ2v) is 6.23. The van der Waals surface area contributed by atoms with Crippen LogP contribution in [-0.2, 0) is 4.74 Å². The summed E-state index contributed by atoms with van der Waals surface area (Å²) in [4.78, 5) is 4.56. The zero-order valence-electron chi connectivity index (χ0n) is 12.2. The van der Waals surface area contributed by atoms with Crippen molar-refractivity contribution >= 4 is 0 Å². The molecule has 5 nitrogen and oxygen atoms in total. The SMILES string of the molecule is CC1CN(CC(O)CN2CCC(CO)C2)CC(C)O1. The van der Waals surface area contributed by atoms with Crippen molar-refractivity contribution in [3.05, 3.63) is 0 Å². The molecule has 0 aromatic carbocycles. The van der Waals surface area contributed by atoms with Crippen LogP contribution < -0.4 is 0 Å². The van der Waals surface area contributed by atoms with E-state index in [9.17, 15) is 5.11 Å². The van der Waals surface area contributed by atoms with Gasteiger partial charge in [0.05, 0.1) is 18.3 Å². The molecule has 0 aromatic rings. The molecule has 5 heteroatoms. The van der Waals surface area contributed by atoms with Crippen molar-refractivity contribution in [1.82, 2.24) is 9.80 Å². The van der Waals surface area contributed by atoms with Crippen molar-refractivity contribution < 1.29 is 14.9 Å². The zero-order chi connectivity index (χ0) is 13.8. The molecular formula is C14H28N2O3. The molecule has 2 saturated heterocycles. The molecular weight excluding hydrogens is 244 g/mol. The topological polar surface area (TPSA) is 56.2 Å². The number of rotatable bonds is 5. The van der Waals surface area contributed by atoms with Gasteiger partial charge >= 0.3 is 0 Å². The summed E-state index contributed by atoms with van der Waals surface area (Å²) < 4.78 is 5.70. The lowest BCUT2D eigenvalue weighted by molar-refractivity contribution is -0.0777. The highest BCUT2D eigenvalue weighted by molar-refractivity contribution is 4.80. The molecule has 0 aromatic heterocycles. The number of aliphatic hydroxyl groups is 2. The Hall–Kier alpha value is -0.200. The van der Waals surface area contributed by atoms with E-state index in [1.807, 2.05) is 0 Å². The van der Waals surface area contributed by atoms with Crippen LogP contribution in [0.2, 0.25) is 0 Å². The quantitative estimate of drug-likeness (QED) is 0.724. The molecule has 2 heterocycles. The first-order valence-corrected chi connectivity index (χ1v) is 7.46. The molecule has 4 unspecified atom stereocenters. The van der Waals surface area contributed by atoms with Crippen LogP contribution in [0.1, 0.15) is 20.3 Å². The van der Waals surface area contributed by atoms with Gasteiger partial charge in [-0.05, 0) is 32.7 Å². The van der Waals surface area contributed by atoms with Crippen molar-refractivity contribution in [3.8, 4) is 0 Å². The number of ether oxygens (including phenoxy) is 1. The smallest absolute Gasteiger partial charge is 0.0793 e. The van der Waals surface area contributed by atoms with Crippen LogP contribution in [0.15, 0.2) is 0 Å². The Labute approximate surface area is 116 Å². The standard InChI is InChI=1S/C14H28N2O3/c1-11-5-16(6-12(2)19-11)9-14(18)8-15-4-3-13(7-15)10-17/h11-14,17-18H,3-10H2,1-2H3. The van der Waals surface area contributed by atoms with Crippen LogP contribution in [0.4, 0.5) is 0 Å². The number of β-amino-alcohol motifs (C(OH)–C–C–N with tert-alkyl or cyclic N) is 1. The summed E-state index contributed by atoms with van der Waals surface area (Å²) in [6.07, 6.45) is 1.24. The molecule has 2 aliphatic rings. The van der Waals surface area contributed by atoms with Gasteiger partial charge in [-0.1, -0.05) is 0 Å². The fourth-order valence-electron chi connectivity index (χ4n) is 3.32. The molecule has 2 rings (SSSR count). The highest BCUT2D eigenvalue weighted by atomic mass is 16.5. The van der Waals surface area contributed by atoms with Crippen molar-refractivity contribution in [3.63, 3.8) is 0 Å². The first-order valence-electron chi connectivity index (χ1n) is 7.46. The predicted octanol–water partition coefficient (Wildman–Crippen LogP) is -0.229. The average Bonchev–Trinajstić information content (AvgIpc) is 2.74. The minimum absolute atomic E-state index is 0.251. The monoisotopic (exact) mass is 272 g/mol. The molecule has 0 radical (unpaired) electrons. The molecule has 0 amide bonds. The Bertz CT molecular complexity index is 267. The first-order chi connectivity index (χ1) is 9.06. The van der Waals surface area contributed by atoms with Crippen LogP contribution in [0.5, 0.6) is 0 Å². The van der Waals surface area contributed by atoms with Gasteiger partial charge in [-0.15, -0.1) is 0 Å². The van der Waals surface area contributed by atoms with Gasteiger partial charge in [0.15, 0.2) is 0 Å². The van der Waals surface area contributed by atoms with Gasteiger partial charge in [-0.2, -0.15) is 0 Å². The van der Waals surface area contributed by atoms with Gasteiger partial charge in [0, 0.05) is 39.3 Å². The van der Waals surface area contributed by atoms with E-state index >= 15 is 0 Å². The lowest BCUT2D eigenvalue weighted by Gasteiger charge is -2.36.